The molecule has 1 rings (SSSR count). The molecular weight excluding hydrogens is 216 g/mol. The van der Waals surface area contributed by atoms with Crippen LogP contribution in [0.5, 0.6) is 0 Å². The van der Waals surface area contributed by atoms with Gasteiger partial charge in [-0.15, -0.1) is 0 Å². The molecule has 0 atom stereocenters. The molecule has 0 radical (unpaired) electrons. The molecule has 0 aromatic heterocycles. The maximum atomic E-state index is 5.60. The van der Waals surface area contributed by atoms with Crippen molar-refractivity contribution >= 4 is 26.8 Å². The van der Waals surface area contributed by atoms with Gasteiger partial charge in [0.1, 0.15) is 0 Å². The standard InChI is InChI=1S/C12H22OSi2/c1-13-15(5,6)12-9-7-11(8-10-12)14(2,3)4/h7-10H,1-6H3. The third-order valence-corrected chi connectivity index (χ3v) is 7.77. The van der Waals surface area contributed by atoms with E-state index in [-0.39, 0.29) is 0 Å². The Morgan fingerprint density at radius 3 is 1.53 bits per heavy atom. The first-order valence-corrected chi connectivity index (χ1v) is 11.8. The Balaban J connectivity index is 3.01. The predicted molar refractivity (Wildman–Crippen MR) is 73.5 cm³/mol. The van der Waals surface area contributed by atoms with Crippen LogP contribution >= 0.6 is 0 Å². The second-order valence-corrected chi connectivity index (χ2v) is 14.6. The van der Waals surface area contributed by atoms with Crippen molar-refractivity contribution in [2.75, 3.05) is 7.11 Å². The molecule has 1 aromatic rings. The summed E-state index contributed by atoms with van der Waals surface area (Å²) in [5, 5.41) is 2.90. The van der Waals surface area contributed by atoms with Gasteiger partial charge in [0, 0.05) is 7.11 Å². The lowest BCUT2D eigenvalue weighted by Crippen LogP contribution is -2.45. The minimum absolute atomic E-state index is 1.15. The fraction of sp³-hybridized carbons (Fsp3) is 0.500. The normalized spacial score (nSPS) is 12.9. The van der Waals surface area contributed by atoms with Gasteiger partial charge < -0.3 is 4.43 Å². The van der Waals surface area contributed by atoms with Crippen molar-refractivity contribution in [1.29, 1.82) is 0 Å². The zero-order valence-corrected chi connectivity index (χ0v) is 12.7. The van der Waals surface area contributed by atoms with Crippen molar-refractivity contribution in [2.24, 2.45) is 0 Å². The van der Waals surface area contributed by atoms with Crippen LogP contribution < -0.4 is 10.4 Å². The maximum absolute atomic E-state index is 5.60. The molecule has 0 fully saturated rings. The summed E-state index contributed by atoms with van der Waals surface area (Å²) >= 11 is 0. The highest BCUT2D eigenvalue weighted by atomic mass is 28.4. The predicted octanol–water partition coefficient (Wildman–Crippen LogP) is 2.29. The summed E-state index contributed by atoms with van der Waals surface area (Å²) in [7, 11) is -0.953. The SMILES string of the molecule is CO[Si](C)(C)c1ccc([Si](C)(C)C)cc1. The molecular formula is C12H22OSi2. The molecule has 0 aliphatic heterocycles. The molecule has 0 saturated heterocycles. The summed E-state index contributed by atoms with van der Waals surface area (Å²) in [5.41, 5.74) is 0. The fourth-order valence-corrected chi connectivity index (χ4v) is 3.86. The van der Waals surface area contributed by atoms with Crippen LogP contribution in [0.15, 0.2) is 24.3 Å². The highest BCUT2D eigenvalue weighted by Gasteiger charge is 2.24. The van der Waals surface area contributed by atoms with E-state index in [0.717, 1.165) is 0 Å². The summed E-state index contributed by atoms with van der Waals surface area (Å²) in [4.78, 5) is 0. The minimum Gasteiger partial charge on any atom is -0.416 e. The number of hydrogen-bond acceptors (Lipinski definition) is 1. The topological polar surface area (TPSA) is 9.23 Å². The first kappa shape index (κ1) is 12.7. The molecule has 0 saturated carbocycles. The van der Waals surface area contributed by atoms with Gasteiger partial charge in [-0.3, -0.25) is 0 Å². The maximum Gasteiger partial charge on any atom is 0.217 e. The molecule has 0 spiro atoms. The third-order valence-electron chi connectivity index (χ3n) is 2.96. The first-order chi connectivity index (χ1) is 6.77. The molecule has 0 unspecified atom stereocenters. The molecule has 15 heavy (non-hydrogen) atoms. The zero-order chi connectivity index (χ0) is 11.7. The van der Waals surface area contributed by atoms with Crippen molar-refractivity contribution in [3.05, 3.63) is 24.3 Å². The van der Waals surface area contributed by atoms with Gasteiger partial charge in [-0.05, 0) is 18.3 Å². The van der Waals surface area contributed by atoms with Gasteiger partial charge in [0.2, 0.25) is 8.32 Å². The summed E-state index contributed by atoms with van der Waals surface area (Å²) in [6, 6.07) is 9.08. The quantitative estimate of drug-likeness (QED) is 0.734. The molecule has 1 aromatic carbocycles. The number of hydrogen-bond donors (Lipinski definition) is 0. The summed E-state index contributed by atoms with van der Waals surface area (Å²) < 4.78 is 5.60. The molecule has 0 aliphatic carbocycles. The lowest BCUT2D eigenvalue weighted by Gasteiger charge is -2.22. The lowest BCUT2D eigenvalue weighted by atomic mass is 10.4. The van der Waals surface area contributed by atoms with Crippen molar-refractivity contribution in [1.82, 2.24) is 0 Å². The van der Waals surface area contributed by atoms with Gasteiger partial charge >= 0.3 is 0 Å². The first-order valence-electron chi connectivity index (χ1n) is 5.43. The minimum atomic E-state index is -1.62. The molecule has 0 aliphatic rings. The summed E-state index contributed by atoms with van der Waals surface area (Å²) in [6.45, 7) is 11.6. The average Bonchev–Trinajstić information content (AvgIpc) is 2.17. The van der Waals surface area contributed by atoms with E-state index >= 15 is 0 Å². The van der Waals surface area contributed by atoms with E-state index in [4.69, 9.17) is 4.43 Å². The average molecular weight is 238 g/mol. The lowest BCUT2D eigenvalue weighted by molar-refractivity contribution is 0.416. The largest absolute Gasteiger partial charge is 0.416 e. The van der Waals surface area contributed by atoms with Crippen LogP contribution in [0, 0.1) is 0 Å². The Morgan fingerprint density at radius 2 is 1.20 bits per heavy atom. The van der Waals surface area contributed by atoms with Crippen LogP contribution in [0.1, 0.15) is 0 Å². The molecule has 0 bridgehead atoms. The van der Waals surface area contributed by atoms with Gasteiger partial charge in [-0.25, -0.2) is 0 Å². The number of rotatable bonds is 3. The number of benzene rings is 1. The van der Waals surface area contributed by atoms with Crippen LogP contribution in [0.2, 0.25) is 32.7 Å². The molecule has 0 heterocycles. The van der Waals surface area contributed by atoms with Crippen LogP contribution in [0.25, 0.3) is 0 Å². The second-order valence-electron chi connectivity index (χ2n) is 5.54. The second kappa shape index (κ2) is 4.24. The highest BCUT2D eigenvalue weighted by molar-refractivity contribution is 6.89. The van der Waals surface area contributed by atoms with Crippen LogP contribution in [0.4, 0.5) is 0 Å². The summed E-state index contributed by atoms with van der Waals surface area (Å²) in [5.74, 6) is 0. The van der Waals surface area contributed by atoms with Gasteiger partial charge in [0.25, 0.3) is 0 Å². The van der Waals surface area contributed by atoms with E-state index in [2.05, 4.69) is 57.0 Å². The molecule has 1 nitrogen and oxygen atoms in total. The van der Waals surface area contributed by atoms with Crippen molar-refractivity contribution in [3.63, 3.8) is 0 Å². The smallest absolute Gasteiger partial charge is 0.217 e. The summed E-state index contributed by atoms with van der Waals surface area (Å²) in [6.07, 6.45) is 0. The zero-order valence-electron chi connectivity index (χ0n) is 10.7. The van der Waals surface area contributed by atoms with Crippen molar-refractivity contribution in [3.8, 4) is 0 Å². The van der Waals surface area contributed by atoms with E-state index in [9.17, 15) is 0 Å². The Morgan fingerprint density at radius 1 is 0.800 bits per heavy atom. The van der Waals surface area contributed by atoms with E-state index in [1.807, 2.05) is 7.11 Å². The fourth-order valence-electron chi connectivity index (χ4n) is 1.49. The van der Waals surface area contributed by atoms with Crippen LogP contribution in [0.3, 0.4) is 0 Å². The van der Waals surface area contributed by atoms with E-state index in [1.54, 1.807) is 0 Å². The van der Waals surface area contributed by atoms with E-state index in [1.165, 1.54) is 10.4 Å². The molecule has 84 valence electrons. The van der Waals surface area contributed by atoms with Gasteiger partial charge in [0.05, 0.1) is 8.07 Å². The third kappa shape index (κ3) is 3.03. The van der Waals surface area contributed by atoms with E-state index < -0.39 is 16.4 Å². The molecule has 0 amide bonds. The van der Waals surface area contributed by atoms with Gasteiger partial charge in [0.15, 0.2) is 0 Å². The molecule has 0 N–H and O–H groups in total. The van der Waals surface area contributed by atoms with Crippen molar-refractivity contribution < 1.29 is 4.43 Å². The Bertz CT molecular complexity index is 322. The van der Waals surface area contributed by atoms with Gasteiger partial charge in [-0.2, -0.15) is 0 Å². The van der Waals surface area contributed by atoms with Crippen molar-refractivity contribution in [2.45, 2.75) is 32.7 Å². The monoisotopic (exact) mass is 238 g/mol. The Labute approximate surface area is 95.6 Å². The van der Waals surface area contributed by atoms with E-state index in [0.29, 0.717) is 0 Å². The Hall–Kier alpha value is -0.386. The van der Waals surface area contributed by atoms with Gasteiger partial charge in [-0.1, -0.05) is 49.1 Å². The van der Waals surface area contributed by atoms with Crippen LogP contribution in [-0.4, -0.2) is 23.5 Å². The highest BCUT2D eigenvalue weighted by Crippen LogP contribution is 2.05. The molecule has 3 heteroatoms. The van der Waals surface area contributed by atoms with Crippen LogP contribution in [-0.2, 0) is 4.43 Å². The Kier molecular flexibility index (Phi) is 3.58.